The van der Waals surface area contributed by atoms with Crippen LogP contribution in [0.25, 0.3) is 11.0 Å². The van der Waals surface area contributed by atoms with Crippen LogP contribution in [0.1, 0.15) is 0 Å². The summed E-state index contributed by atoms with van der Waals surface area (Å²) in [4.78, 5) is 19.2. The van der Waals surface area contributed by atoms with Crippen molar-refractivity contribution in [2.75, 3.05) is 0 Å². The molecule has 2 N–H and O–H groups in total. The summed E-state index contributed by atoms with van der Waals surface area (Å²) in [5, 5.41) is 10.9. The van der Waals surface area contributed by atoms with Crippen LogP contribution in [0.15, 0.2) is 18.7 Å². The van der Waals surface area contributed by atoms with Gasteiger partial charge < -0.3 is 4.98 Å². The summed E-state index contributed by atoms with van der Waals surface area (Å²) in [7, 11) is 0. The lowest BCUT2D eigenvalue weighted by Crippen LogP contribution is -2.00. The Morgan fingerprint density at radius 2 is 2.50 bits per heavy atom. The van der Waals surface area contributed by atoms with Gasteiger partial charge in [0.2, 0.25) is 0 Å². The summed E-state index contributed by atoms with van der Waals surface area (Å²) in [6, 6.07) is 0. The minimum absolute atomic E-state index is 0.0364. The number of hydrogen-bond acceptors (Lipinski definition) is 3. The van der Waals surface area contributed by atoms with E-state index in [1.165, 1.54) is 18.7 Å². The van der Waals surface area contributed by atoms with Gasteiger partial charge in [-0.25, -0.2) is 4.98 Å². The van der Waals surface area contributed by atoms with Crippen molar-refractivity contribution in [3.63, 3.8) is 0 Å². The summed E-state index contributed by atoms with van der Waals surface area (Å²) < 4.78 is 0. The van der Waals surface area contributed by atoms with E-state index in [0.29, 0.717) is 11.0 Å². The van der Waals surface area contributed by atoms with Gasteiger partial charge in [0.1, 0.15) is 6.20 Å². The Morgan fingerprint density at radius 1 is 1.67 bits per heavy atom. The van der Waals surface area contributed by atoms with Crippen molar-refractivity contribution < 1.29 is 9.91 Å². The maximum Gasteiger partial charge on any atom is 0.302 e. The van der Waals surface area contributed by atoms with E-state index >= 15 is 0 Å². The largest absolute Gasteiger partial charge is 0.319 e. The zero-order chi connectivity index (χ0) is 8.55. The number of rotatable bonds is 1. The lowest BCUT2D eigenvalue weighted by atomic mass is 10.4. The van der Waals surface area contributed by atoms with Gasteiger partial charge in [-0.2, -0.15) is 0 Å². The lowest BCUT2D eigenvalue weighted by molar-refractivity contribution is -0.388. The zero-order valence-electron chi connectivity index (χ0n) is 5.94. The highest BCUT2D eigenvalue weighted by molar-refractivity contribution is 5.84. The highest BCUT2D eigenvalue weighted by Crippen LogP contribution is 2.20. The summed E-state index contributed by atoms with van der Waals surface area (Å²) in [6.45, 7) is 0. The zero-order valence-corrected chi connectivity index (χ0v) is 5.94. The first-order valence-corrected chi connectivity index (χ1v) is 3.26. The molecule has 0 saturated heterocycles. The highest BCUT2D eigenvalue weighted by atomic mass is 16.6. The highest BCUT2D eigenvalue weighted by Gasteiger charge is 2.17. The third-order valence-electron chi connectivity index (χ3n) is 1.57. The fraction of sp³-hybridized carbons (Fsp3) is 0. The predicted molar refractivity (Wildman–Crippen MR) is 39.3 cm³/mol. The number of nitrogens with zero attached hydrogens (tertiary/aromatic N) is 2. The fourth-order valence-corrected chi connectivity index (χ4v) is 1.04. The number of nitrogens with one attached hydrogen (secondary N) is 2. The van der Waals surface area contributed by atoms with Gasteiger partial charge >= 0.3 is 5.69 Å². The maximum atomic E-state index is 10.4. The van der Waals surface area contributed by atoms with Crippen molar-refractivity contribution in [2.45, 2.75) is 0 Å². The second-order valence-corrected chi connectivity index (χ2v) is 2.26. The van der Waals surface area contributed by atoms with Gasteiger partial charge in [-0.15, -0.1) is 0 Å². The molecule has 60 valence electrons. The third-order valence-corrected chi connectivity index (χ3v) is 1.57. The molecule has 0 amide bonds. The molecule has 2 aromatic heterocycles. The van der Waals surface area contributed by atoms with Gasteiger partial charge in [0.25, 0.3) is 12.0 Å². The molecule has 2 heterocycles. The van der Waals surface area contributed by atoms with E-state index in [2.05, 4.69) is 15.0 Å². The van der Waals surface area contributed by atoms with Gasteiger partial charge in [0.05, 0.1) is 11.1 Å². The van der Waals surface area contributed by atoms with Crippen LogP contribution in [0.4, 0.5) is 5.69 Å². The first-order valence-electron chi connectivity index (χ1n) is 3.26. The van der Waals surface area contributed by atoms with Crippen molar-refractivity contribution in [2.24, 2.45) is 0 Å². The SMILES string of the molecule is O=[N+]([O-])c1c[nH]c2nc[nH+]cc12. The molecule has 2 aromatic rings. The van der Waals surface area contributed by atoms with Gasteiger partial charge in [-0.1, -0.05) is 0 Å². The second-order valence-electron chi connectivity index (χ2n) is 2.26. The smallest absolute Gasteiger partial charge is 0.302 e. The number of aromatic amines is 2. The molecule has 0 atom stereocenters. The van der Waals surface area contributed by atoms with Crippen LogP contribution < -0.4 is 4.98 Å². The average molecular weight is 165 g/mol. The quantitative estimate of drug-likeness (QED) is 0.486. The molecular formula is C6H5N4O2+. The van der Waals surface area contributed by atoms with E-state index in [1.807, 2.05) is 0 Å². The average Bonchev–Trinajstić information content (AvgIpc) is 2.47. The first kappa shape index (κ1) is 6.71. The minimum atomic E-state index is -0.450. The molecule has 0 aliphatic carbocycles. The lowest BCUT2D eigenvalue weighted by Gasteiger charge is -1.81. The number of fused-ring (bicyclic) bond motifs is 1. The van der Waals surface area contributed by atoms with Crippen molar-refractivity contribution >= 4 is 16.7 Å². The fourth-order valence-electron chi connectivity index (χ4n) is 1.04. The van der Waals surface area contributed by atoms with Crippen LogP contribution in [0.2, 0.25) is 0 Å². The number of nitro groups is 1. The second kappa shape index (κ2) is 2.26. The minimum Gasteiger partial charge on any atom is -0.319 e. The third kappa shape index (κ3) is 0.815. The van der Waals surface area contributed by atoms with E-state index in [9.17, 15) is 10.1 Å². The molecule has 0 saturated carbocycles. The molecule has 0 bridgehead atoms. The van der Waals surface area contributed by atoms with Gasteiger partial charge in [0.15, 0.2) is 5.39 Å². The molecule has 2 rings (SSSR count). The monoisotopic (exact) mass is 165 g/mol. The Labute approximate surface area is 66.4 Å². The number of aromatic nitrogens is 3. The number of hydrogen-bond donors (Lipinski definition) is 1. The molecule has 0 fully saturated rings. The van der Waals surface area contributed by atoms with E-state index in [4.69, 9.17) is 0 Å². The molecule has 6 nitrogen and oxygen atoms in total. The molecule has 0 radical (unpaired) electrons. The molecule has 6 heteroatoms. The van der Waals surface area contributed by atoms with Gasteiger partial charge in [-0.3, -0.25) is 10.1 Å². The van der Waals surface area contributed by atoms with Crippen LogP contribution >= 0.6 is 0 Å². The predicted octanol–water partition coefficient (Wildman–Crippen LogP) is 0.285. The topological polar surface area (TPSA) is 86.0 Å². The summed E-state index contributed by atoms with van der Waals surface area (Å²) in [5.41, 5.74) is 0.551. The number of H-pyrrole nitrogens is 2. The standard InChI is InChI=1S/C6H4N4O2/c11-10(12)5-2-8-6-4(5)1-7-3-9-6/h1-3H,(H,7,8,9)/p+1. The Kier molecular flexibility index (Phi) is 1.26. The van der Waals surface area contributed by atoms with Crippen LogP contribution in [0, 0.1) is 10.1 Å². The Hall–Kier alpha value is -1.98. The van der Waals surface area contributed by atoms with Crippen molar-refractivity contribution in [3.05, 3.63) is 28.8 Å². The van der Waals surface area contributed by atoms with E-state index in [-0.39, 0.29) is 5.69 Å². The first-order chi connectivity index (χ1) is 5.79. The summed E-state index contributed by atoms with van der Waals surface area (Å²) >= 11 is 0. The van der Waals surface area contributed by atoms with Crippen molar-refractivity contribution in [3.8, 4) is 0 Å². The molecule has 0 aromatic carbocycles. The van der Waals surface area contributed by atoms with Crippen LogP contribution in [-0.4, -0.2) is 14.9 Å². The van der Waals surface area contributed by atoms with E-state index in [0.717, 1.165) is 0 Å². The van der Waals surface area contributed by atoms with E-state index < -0.39 is 4.92 Å². The van der Waals surface area contributed by atoms with Gasteiger partial charge in [-0.05, 0) is 4.98 Å². The van der Waals surface area contributed by atoms with Crippen LogP contribution in [-0.2, 0) is 0 Å². The maximum absolute atomic E-state index is 10.4. The molecule has 0 unspecified atom stereocenters. The van der Waals surface area contributed by atoms with Crippen LogP contribution in [0.3, 0.4) is 0 Å². The van der Waals surface area contributed by atoms with Gasteiger partial charge in [0, 0.05) is 0 Å². The molecule has 0 aliphatic heterocycles. The summed E-state index contributed by atoms with van der Waals surface area (Å²) in [6.07, 6.45) is 4.32. The molecule has 12 heavy (non-hydrogen) atoms. The Bertz CT molecular complexity index is 436. The molecule has 0 spiro atoms. The van der Waals surface area contributed by atoms with Crippen LogP contribution in [0.5, 0.6) is 0 Å². The summed E-state index contributed by atoms with van der Waals surface area (Å²) in [5.74, 6) is 0. The Balaban J connectivity index is 2.79. The van der Waals surface area contributed by atoms with Crippen molar-refractivity contribution in [1.29, 1.82) is 0 Å². The van der Waals surface area contributed by atoms with Crippen molar-refractivity contribution in [1.82, 2.24) is 9.97 Å². The Morgan fingerprint density at radius 3 is 3.25 bits per heavy atom. The molecule has 0 aliphatic rings. The van der Waals surface area contributed by atoms with E-state index in [1.54, 1.807) is 0 Å². The normalized spacial score (nSPS) is 10.3. The molecular weight excluding hydrogens is 160 g/mol.